The molecule has 0 bridgehead atoms. The molecule has 0 fully saturated rings. The first-order valence-electron chi connectivity index (χ1n) is 10.5. The van der Waals surface area contributed by atoms with Crippen LogP contribution in [0.25, 0.3) is 22.0 Å². The van der Waals surface area contributed by atoms with E-state index in [1.807, 2.05) is 47.8 Å². The molecule has 1 aromatic heterocycles. The van der Waals surface area contributed by atoms with Crippen LogP contribution in [0.4, 0.5) is 10.8 Å². The average Bonchev–Trinajstić information content (AvgIpc) is 3.28. The number of thiazole rings is 1. The molecule has 162 valence electrons. The Morgan fingerprint density at radius 2 is 1.72 bits per heavy atom. The molecule has 5 nitrogen and oxygen atoms in total. The third-order valence-electron chi connectivity index (χ3n) is 5.28. The van der Waals surface area contributed by atoms with Gasteiger partial charge in [-0.2, -0.15) is 0 Å². The van der Waals surface area contributed by atoms with Gasteiger partial charge in [-0.25, -0.2) is 4.98 Å². The largest absolute Gasteiger partial charge is 0.372 e. The second kappa shape index (κ2) is 9.89. The molecule has 0 atom stereocenters. The van der Waals surface area contributed by atoms with E-state index in [2.05, 4.69) is 58.6 Å². The van der Waals surface area contributed by atoms with Gasteiger partial charge in [0.25, 0.3) is 5.91 Å². The Morgan fingerprint density at radius 3 is 2.47 bits per heavy atom. The summed E-state index contributed by atoms with van der Waals surface area (Å²) in [7, 11) is 0. The van der Waals surface area contributed by atoms with Crippen LogP contribution >= 0.6 is 23.6 Å². The van der Waals surface area contributed by atoms with Crippen molar-refractivity contribution in [2.45, 2.75) is 13.8 Å². The summed E-state index contributed by atoms with van der Waals surface area (Å²) in [5.41, 5.74) is 3.59. The molecule has 0 aliphatic heterocycles. The van der Waals surface area contributed by atoms with Crippen molar-refractivity contribution in [3.8, 4) is 11.3 Å². The standard InChI is InChI=1S/C25H24N4OS2/c1-3-29(4-2)19-14-12-18(13-15-19)23(30)27-24(31)28-25-26-22(16-32-25)21-11-7-9-17-8-5-6-10-20(17)21/h5-16H,3-4H2,1-2H3,(H2,26,27,28,30,31). The Hall–Kier alpha value is -3.29. The summed E-state index contributed by atoms with van der Waals surface area (Å²) >= 11 is 6.78. The van der Waals surface area contributed by atoms with Gasteiger partial charge in [-0.1, -0.05) is 42.5 Å². The lowest BCUT2D eigenvalue weighted by atomic mass is 10.0. The molecule has 7 heteroatoms. The normalized spacial score (nSPS) is 10.7. The first kappa shape index (κ1) is 21.9. The first-order chi connectivity index (χ1) is 15.6. The van der Waals surface area contributed by atoms with Gasteiger partial charge in [-0.15, -0.1) is 11.3 Å². The van der Waals surface area contributed by atoms with Crippen molar-refractivity contribution < 1.29 is 4.79 Å². The number of hydrogen-bond donors (Lipinski definition) is 2. The average molecular weight is 461 g/mol. The van der Waals surface area contributed by atoms with Gasteiger partial charge < -0.3 is 10.2 Å². The number of rotatable bonds is 6. The Labute approximate surface area is 197 Å². The van der Waals surface area contributed by atoms with E-state index in [1.165, 1.54) is 16.7 Å². The van der Waals surface area contributed by atoms with Gasteiger partial charge in [-0.3, -0.25) is 10.1 Å². The number of amides is 1. The zero-order chi connectivity index (χ0) is 22.5. The van der Waals surface area contributed by atoms with E-state index in [9.17, 15) is 4.79 Å². The Kier molecular flexibility index (Phi) is 6.78. The van der Waals surface area contributed by atoms with Crippen molar-refractivity contribution in [1.82, 2.24) is 10.3 Å². The number of aromatic nitrogens is 1. The number of nitrogens with zero attached hydrogens (tertiary/aromatic N) is 2. The van der Waals surface area contributed by atoms with Gasteiger partial charge in [0.1, 0.15) is 0 Å². The first-order valence-corrected chi connectivity index (χ1v) is 11.8. The highest BCUT2D eigenvalue weighted by Crippen LogP contribution is 2.30. The minimum Gasteiger partial charge on any atom is -0.372 e. The summed E-state index contributed by atoms with van der Waals surface area (Å²) < 4.78 is 0. The maximum absolute atomic E-state index is 12.6. The van der Waals surface area contributed by atoms with Gasteiger partial charge in [0, 0.05) is 35.3 Å². The maximum Gasteiger partial charge on any atom is 0.257 e. The quantitative estimate of drug-likeness (QED) is 0.349. The third-order valence-corrected chi connectivity index (χ3v) is 6.24. The van der Waals surface area contributed by atoms with Crippen LogP contribution in [0.2, 0.25) is 0 Å². The van der Waals surface area contributed by atoms with Gasteiger partial charge in [0.05, 0.1) is 5.69 Å². The molecule has 3 aromatic carbocycles. The van der Waals surface area contributed by atoms with Crippen molar-refractivity contribution >= 4 is 56.2 Å². The summed E-state index contributed by atoms with van der Waals surface area (Å²) in [6.45, 7) is 6.06. The molecule has 4 aromatic rings. The molecule has 0 aliphatic rings. The Morgan fingerprint density at radius 1 is 1.00 bits per heavy atom. The van der Waals surface area contributed by atoms with Crippen molar-refractivity contribution in [3.05, 3.63) is 77.7 Å². The molecular weight excluding hydrogens is 436 g/mol. The number of nitrogens with one attached hydrogen (secondary N) is 2. The summed E-state index contributed by atoms with van der Waals surface area (Å²) in [5, 5.41) is 10.9. The maximum atomic E-state index is 12.6. The van der Waals surface area contributed by atoms with Crippen molar-refractivity contribution in [3.63, 3.8) is 0 Å². The molecule has 32 heavy (non-hydrogen) atoms. The topological polar surface area (TPSA) is 57.3 Å². The van der Waals surface area contributed by atoms with E-state index in [0.717, 1.165) is 35.4 Å². The van der Waals surface area contributed by atoms with Crippen molar-refractivity contribution in [2.24, 2.45) is 0 Å². The molecule has 0 saturated heterocycles. The minimum absolute atomic E-state index is 0.224. The van der Waals surface area contributed by atoms with E-state index in [4.69, 9.17) is 12.2 Å². The van der Waals surface area contributed by atoms with Gasteiger partial charge >= 0.3 is 0 Å². The molecule has 1 heterocycles. The number of fused-ring (bicyclic) bond motifs is 1. The fraction of sp³-hybridized carbons (Fsp3) is 0.160. The van der Waals surface area contributed by atoms with Crippen molar-refractivity contribution in [2.75, 3.05) is 23.3 Å². The van der Waals surface area contributed by atoms with E-state index in [1.54, 1.807) is 0 Å². The van der Waals surface area contributed by atoms with Crippen LogP contribution in [0.3, 0.4) is 0 Å². The fourth-order valence-corrected chi connectivity index (χ4v) is 4.59. The predicted octanol–water partition coefficient (Wildman–Crippen LogP) is 5.94. The van der Waals surface area contributed by atoms with Crippen LogP contribution in [0, 0.1) is 0 Å². The number of thiocarbonyl (C=S) groups is 1. The number of hydrogen-bond acceptors (Lipinski definition) is 5. The molecule has 0 saturated carbocycles. The van der Waals surface area contributed by atoms with Gasteiger partial charge in [0.2, 0.25) is 0 Å². The third kappa shape index (κ3) is 4.79. The molecule has 0 unspecified atom stereocenters. The molecule has 1 amide bonds. The summed E-state index contributed by atoms with van der Waals surface area (Å²) in [6.07, 6.45) is 0. The minimum atomic E-state index is -0.251. The predicted molar refractivity (Wildman–Crippen MR) is 139 cm³/mol. The van der Waals surface area contributed by atoms with Crippen molar-refractivity contribution in [1.29, 1.82) is 0 Å². The lowest BCUT2D eigenvalue weighted by molar-refractivity contribution is 0.0978. The number of carbonyl (C=O) groups excluding carboxylic acids is 1. The Balaban J connectivity index is 1.42. The van der Waals surface area contributed by atoms with Crippen LogP contribution in [0.5, 0.6) is 0 Å². The van der Waals surface area contributed by atoms with Crippen LogP contribution in [-0.4, -0.2) is 29.1 Å². The SMILES string of the molecule is CCN(CC)c1ccc(C(=O)NC(=S)Nc2nc(-c3cccc4ccccc34)cs2)cc1. The highest BCUT2D eigenvalue weighted by Gasteiger charge is 2.12. The van der Waals surface area contributed by atoms with E-state index in [-0.39, 0.29) is 11.0 Å². The molecule has 0 radical (unpaired) electrons. The molecule has 4 rings (SSSR count). The van der Waals surface area contributed by atoms with Gasteiger partial charge in [-0.05, 0) is 61.1 Å². The Bertz CT molecular complexity index is 1240. The lowest BCUT2D eigenvalue weighted by Gasteiger charge is -2.21. The van der Waals surface area contributed by atoms with E-state index < -0.39 is 0 Å². The van der Waals surface area contributed by atoms with Crippen LogP contribution in [0.15, 0.2) is 72.1 Å². The smallest absolute Gasteiger partial charge is 0.257 e. The molecule has 2 N–H and O–H groups in total. The molecule has 0 aliphatic carbocycles. The summed E-state index contributed by atoms with van der Waals surface area (Å²) in [6, 6.07) is 21.9. The monoisotopic (exact) mass is 460 g/mol. The molecular formula is C25H24N4OS2. The van der Waals surface area contributed by atoms with Gasteiger partial charge in [0.15, 0.2) is 10.2 Å². The highest BCUT2D eigenvalue weighted by molar-refractivity contribution is 7.80. The number of anilines is 2. The van der Waals surface area contributed by atoms with E-state index in [0.29, 0.717) is 10.7 Å². The zero-order valence-electron chi connectivity index (χ0n) is 18.0. The fourth-order valence-electron chi connectivity index (χ4n) is 3.62. The summed E-state index contributed by atoms with van der Waals surface area (Å²) in [4.78, 5) is 19.5. The second-order valence-corrected chi connectivity index (χ2v) is 8.46. The molecule has 0 spiro atoms. The lowest BCUT2D eigenvalue weighted by Crippen LogP contribution is -2.34. The second-order valence-electron chi connectivity index (χ2n) is 7.19. The zero-order valence-corrected chi connectivity index (χ0v) is 19.6. The van der Waals surface area contributed by atoms with Crippen LogP contribution < -0.4 is 15.5 Å². The number of carbonyl (C=O) groups is 1. The van der Waals surface area contributed by atoms with E-state index >= 15 is 0 Å². The van der Waals surface area contributed by atoms with Crippen LogP contribution in [0.1, 0.15) is 24.2 Å². The highest BCUT2D eigenvalue weighted by atomic mass is 32.1. The summed E-state index contributed by atoms with van der Waals surface area (Å²) in [5.74, 6) is -0.251. The number of benzene rings is 3. The van der Waals surface area contributed by atoms with Crippen LogP contribution in [-0.2, 0) is 0 Å².